The van der Waals surface area contributed by atoms with Crippen molar-refractivity contribution in [2.24, 2.45) is 0 Å². The molecule has 62 valence electrons. The number of carbonyl (C=O) groups excluding carboxylic acids is 1. The first kappa shape index (κ1) is 8.10. The molecule has 0 spiro atoms. The van der Waals surface area contributed by atoms with E-state index in [0.29, 0.717) is 17.1 Å². The zero-order chi connectivity index (χ0) is 8.55. The minimum absolute atomic E-state index is 0.0642. The second-order valence-corrected chi connectivity index (χ2v) is 3.80. The van der Waals surface area contributed by atoms with Crippen LogP contribution in [0.3, 0.4) is 0 Å². The Morgan fingerprint density at radius 1 is 1.50 bits per heavy atom. The van der Waals surface area contributed by atoms with E-state index < -0.39 is 0 Å². The Kier molecular flexibility index (Phi) is 2.09. The smallest absolute Gasteiger partial charge is 0.180 e. The quantitative estimate of drug-likeness (QED) is 0.650. The van der Waals surface area contributed by atoms with E-state index in [1.54, 1.807) is 6.07 Å². The number of rotatable bonds is 0. The van der Waals surface area contributed by atoms with Gasteiger partial charge in [-0.05, 0) is 24.1 Å². The molecular formula is C8H6ClNOS. The van der Waals surface area contributed by atoms with Gasteiger partial charge in [-0.25, -0.2) is 0 Å². The second kappa shape index (κ2) is 3.09. The van der Waals surface area contributed by atoms with E-state index >= 15 is 0 Å². The van der Waals surface area contributed by atoms with Gasteiger partial charge in [0, 0.05) is 4.90 Å². The number of hydrogen-bond donors (Lipinski definition) is 1. The predicted molar refractivity (Wildman–Crippen MR) is 49.6 cm³/mol. The van der Waals surface area contributed by atoms with Crippen molar-refractivity contribution >= 4 is 29.3 Å². The summed E-state index contributed by atoms with van der Waals surface area (Å²) in [5.74, 6) is 0.0642. The molecule has 0 saturated heterocycles. The highest BCUT2D eigenvalue weighted by Gasteiger charge is 2.19. The normalized spacial score (nSPS) is 15.9. The molecule has 1 aromatic carbocycles. The Hall–Kier alpha value is -0.510. The van der Waals surface area contributed by atoms with Crippen molar-refractivity contribution in [1.82, 2.24) is 4.72 Å². The predicted octanol–water partition coefficient (Wildman–Crippen LogP) is 2.13. The molecule has 0 amide bonds. The van der Waals surface area contributed by atoms with Crippen molar-refractivity contribution in [3.05, 3.63) is 28.8 Å². The van der Waals surface area contributed by atoms with Crippen LogP contribution in [0.25, 0.3) is 0 Å². The van der Waals surface area contributed by atoms with Crippen molar-refractivity contribution in [2.45, 2.75) is 4.90 Å². The van der Waals surface area contributed by atoms with Gasteiger partial charge in [0.1, 0.15) is 0 Å². The molecule has 2 rings (SSSR count). The zero-order valence-corrected chi connectivity index (χ0v) is 7.71. The zero-order valence-electron chi connectivity index (χ0n) is 6.13. The van der Waals surface area contributed by atoms with E-state index in [1.807, 2.05) is 12.1 Å². The SMILES string of the molecule is O=C1CNSc2cccc(Cl)c21. The Balaban J connectivity index is 2.60. The first-order valence-electron chi connectivity index (χ1n) is 3.50. The Bertz CT molecular complexity index is 340. The molecule has 4 heteroatoms. The van der Waals surface area contributed by atoms with Crippen LogP contribution >= 0.6 is 23.5 Å². The molecule has 0 unspecified atom stereocenters. The molecular weight excluding hydrogens is 194 g/mol. The Morgan fingerprint density at radius 2 is 2.33 bits per heavy atom. The number of Topliss-reactive ketones (excluding diaryl/α,β-unsaturated/α-hetero) is 1. The molecule has 1 aliphatic heterocycles. The number of carbonyl (C=O) groups is 1. The van der Waals surface area contributed by atoms with E-state index in [4.69, 9.17) is 11.6 Å². The number of fused-ring (bicyclic) bond motifs is 1. The van der Waals surface area contributed by atoms with Gasteiger partial charge in [0.15, 0.2) is 5.78 Å². The van der Waals surface area contributed by atoms with Crippen LogP contribution in [-0.4, -0.2) is 12.3 Å². The van der Waals surface area contributed by atoms with Crippen LogP contribution in [0.5, 0.6) is 0 Å². The first-order valence-corrected chi connectivity index (χ1v) is 4.70. The monoisotopic (exact) mass is 199 g/mol. The minimum atomic E-state index is 0.0642. The van der Waals surface area contributed by atoms with Crippen LogP contribution in [0.2, 0.25) is 5.02 Å². The molecule has 0 radical (unpaired) electrons. The maximum Gasteiger partial charge on any atom is 0.180 e. The molecule has 1 N–H and O–H groups in total. The summed E-state index contributed by atoms with van der Waals surface area (Å²) < 4.78 is 2.93. The van der Waals surface area contributed by atoms with Gasteiger partial charge in [0.2, 0.25) is 0 Å². The summed E-state index contributed by atoms with van der Waals surface area (Å²) in [6, 6.07) is 5.47. The average Bonchev–Trinajstić information content (AvgIpc) is 2.04. The van der Waals surface area contributed by atoms with Crippen LogP contribution < -0.4 is 4.72 Å². The molecule has 0 atom stereocenters. The molecule has 2 nitrogen and oxygen atoms in total. The van der Waals surface area contributed by atoms with Gasteiger partial charge in [-0.15, -0.1) is 0 Å². The van der Waals surface area contributed by atoms with Gasteiger partial charge in [-0.2, -0.15) is 0 Å². The fourth-order valence-electron chi connectivity index (χ4n) is 1.13. The summed E-state index contributed by atoms with van der Waals surface area (Å²) in [4.78, 5) is 12.3. The van der Waals surface area contributed by atoms with E-state index in [-0.39, 0.29) is 5.78 Å². The molecule has 0 saturated carbocycles. The summed E-state index contributed by atoms with van der Waals surface area (Å²) in [6.07, 6.45) is 0. The molecule has 0 aromatic heterocycles. The van der Waals surface area contributed by atoms with Crippen LogP contribution in [0.1, 0.15) is 10.4 Å². The number of benzene rings is 1. The van der Waals surface area contributed by atoms with Gasteiger partial charge in [-0.3, -0.25) is 9.52 Å². The number of nitrogens with one attached hydrogen (secondary N) is 1. The summed E-state index contributed by atoms with van der Waals surface area (Å²) >= 11 is 7.33. The second-order valence-electron chi connectivity index (χ2n) is 2.46. The third-order valence-corrected chi connectivity index (χ3v) is 2.83. The lowest BCUT2D eigenvalue weighted by Gasteiger charge is -2.15. The van der Waals surface area contributed by atoms with Gasteiger partial charge >= 0.3 is 0 Å². The average molecular weight is 200 g/mol. The first-order chi connectivity index (χ1) is 5.79. The highest BCUT2D eigenvalue weighted by atomic mass is 35.5. The van der Waals surface area contributed by atoms with Crippen molar-refractivity contribution in [2.75, 3.05) is 6.54 Å². The van der Waals surface area contributed by atoms with Gasteiger partial charge in [0.25, 0.3) is 0 Å². The summed E-state index contributed by atoms with van der Waals surface area (Å²) in [5, 5.41) is 0.548. The number of halogens is 1. The molecule has 1 aromatic rings. The lowest BCUT2D eigenvalue weighted by atomic mass is 10.1. The third kappa shape index (κ3) is 1.24. The molecule has 12 heavy (non-hydrogen) atoms. The van der Waals surface area contributed by atoms with Gasteiger partial charge < -0.3 is 0 Å². The topological polar surface area (TPSA) is 29.1 Å². The van der Waals surface area contributed by atoms with E-state index in [0.717, 1.165) is 4.90 Å². The minimum Gasteiger partial charge on any atom is -0.293 e. The fraction of sp³-hybridized carbons (Fsp3) is 0.125. The number of ketones is 1. The van der Waals surface area contributed by atoms with E-state index in [9.17, 15) is 4.79 Å². The standard InChI is InChI=1S/C8H6ClNOS/c9-5-2-1-3-7-8(5)6(11)4-10-12-7/h1-3,10H,4H2. The maximum absolute atomic E-state index is 11.3. The largest absolute Gasteiger partial charge is 0.293 e. The van der Waals surface area contributed by atoms with Crippen molar-refractivity contribution in [3.63, 3.8) is 0 Å². The highest BCUT2D eigenvalue weighted by molar-refractivity contribution is 7.97. The molecule has 1 aliphatic rings. The summed E-state index contributed by atoms with van der Waals surface area (Å²) in [6.45, 7) is 0.363. The van der Waals surface area contributed by atoms with Crippen LogP contribution in [0.15, 0.2) is 23.1 Å². The lowest BCUT2D eigenvalue weighted by molar-refractivity contribution is 0.0993. The van der Waals surface area contributed by atoms with Crippen molar-refractivity contribution in [1.29, 1.82) is 0 Å². The molecule has 0 bridgehead atoms. The van der Waals surface area contributed by atoms with Crippen molar-refractivity contribution in [3.8, 4) is 0 Å². The van der Waals surface area contributed by atoms with Gasteiger partial charge in [0.05, 0.1) is 17.1 Å². The molecule has 0 aliphatic carbocycles. The summed E-state index contributed by atoms with van der Waals surface area (Å²) in [5.41, 5.74) is 0.655. The Morgan fingerprint density at radius 3 is 3.08 bits per heavy atom. The maximum atomic E-state index is 11.3. The number of hydrogen-bond acceptors (Lipinski definition) is 3. The van der Waals surface area contributed by atoms with Crippen LogP contribution in [0, 0.1) is 0 Å². The highest BCUT2D eigenvalue weighted by Crippen LogP contribution is 2.29. The Labute approximate surface area is 79.4 Å². The fourth-order valence-corrected chi connectivity index (χ4v) is 2.29. The lowest BCUT2D eigenvalue weighted by Crippen LogP contribution is -2.22. The van der Waals surface area contributed by atoms with Gasteiger partial charge in [-0.1, -0.05) is 17.7 Å². The summed E-state index contributed by atoms with van der Waals surface area (Å²) in [7, 11) is 0. The third-order valence-electron chi connectivity index (χ3n) is 1.67. The molecule has 1 heterocycles. The molecule has 0 fully saturated rings. The van der Waals surface area contributed by atoms with E-state index in [2.05, 4.69) is 4.72 Å². The van der Waals surface area contributed by atoms with E-state index in [1.165, 1.54) is 11.9 Å². The van der Waals surface area contributed by atoms with Crippen LogP contribution in [0.4, 0.5) is 0 Å². The van der Waals surface area contributed by atoms with Crippen molar-refractivity contribution < 1.29 is 4.79 Å². The van der Waals surface area contributed by atoms with Crippen LogP contribution in [-0.2, 0) is 0 Å².